The number of fused-ring (bicyclic) bond motifs is 1. The highest BCUT2D eigenvalue weighted by Crippen LogP contribution is 2.37. The zero-order chi connectivity index (χ0) is 27.1. The molecule has 2 aromatic rings. The van der Waals surface area contributed by atoms with Gasteiger partial charge in [0.1, 0.15) is 5.60 Å². The molecule has 10 nitrogen and oxygen atoms in total. The Hall–Kier alpha value is -3.35. The van der Waals surface area contributed by atoms with E-state index in [0.29, 0.717) is 30.0 Å². The van der Waals surface area contributed by atoms with Gasteiger partial charge in [-0.25, -0.2) is 9.59 Å². The number of nitrogens with one attached hydrogen (secondary N) is 1. The van der Waals surface area contributed by atoms with Crippen LogP contribution in [0.5, 0.6) is 0 Å². The average molecular weight is 526 g/mol. The molecule has 1 N–H and O–H groups in total. The van der Waals surface area contributed by atoms with Gasteiger partial charge in [-0.3, -0.25) is 14.4 Å². The Morgan fingerprint density at radius 2 is 1.68 bits per heavy atom. The summed E-state index contributed by atoms with van der Waals surface area (Å²) in [6.07, 6.45) is -2.07. The highest BCUT2D eigenvalue weighted by Gasteiger charge is 2.40. The van der Waals surface area contributed by atoms with Crippen molar-refractivity contribution in [2.24, 2.45) is 0 Å². The number of anilines is 1. The number of nitrogens with zero attached hydrogens (tertiary/aromatic N) is 4. The molecule has 1 saturated heterocycles. The van der Waals surface area contributed by atoms with E-state index in [1.807, 2.05) is 20.8 Å². The third kappa shape index (κ3) is 5.97. The number of piperazine rings is 1. The summed E-state index contributed by atoms with van der Waals surface area (Å²) in [6.45, 7) is 8.16. The van der Waals surface area contributed by atoms with Gasteiger partial charge >= 0.3 is 24.1 Å². The zero-order valence-corrected chi connectivity index (χ0v) is 21.1. The van der Waals surface area contributed by atoms with Crippen LogP contribution in [-0.2, 0) is 14.3 Å². The van der Waals surface area contributed by atoms with Crippen LogP contribution < -0.4 is 5.32 Å². The van der Waals surface area contributed by atoms with Crippen molar-refractivity contribution in [2.45, 2.75) is 57.5 Å². The summed E-state index contributed by atoms with van der Waals surface area (Å²) < 4.78 is 50.2. The maximum atomic E-state index is 12.8. The number of amides is 2. The van der Waals surface area contributed by atoms with Crippen LogP contribution in [0.3, 0.4) is 0 Å². The monoisotopic (exact) mass is 525 g/mol. The lowest BCUT2D eigenvalue weighted by atomic mass is 9.85. The predicted molar refractivity (Wildman–Crippen MR) is 127 cm³/mol. The average Bonchev–Trinajstić information content (AvgIpc) is 3.18. The molecule has 2 heterocycles. The first-order valence-electron chi connectivity index (χ1n) is 12.0. The summed E-state index contributed by atoms with van der Waals surface area (Å²) in [4.78, 5) is 39.9. The SMILES string of the molecule is COC(=O)c1cc2nn(C3CC(N4CCN(C(=O)OC(C)(C)C)CC4)C3)cc2cc1NC(=O)C(F)(F)F. The van der Waals surface area contributed by atoms with Crippen LogP contribution >= 0.6 is 0 Å². The summed E-state index contributed by atoms with van der Waals surface area (Å²) >= 11 is 0. The van der Waals surface area contributed by atoms with E-state index in [2.05, 4.69) is 14.7 Å². The number of alkyl halides is 3. The quantitative estimate of drug-likeness (QED) is 0.609. The summed E-state index contributed by atoms with van der Waals surface area (Å²) in [5.41, 5.74) is -0.645. The molecule has 2 aliphatic rings. The van der Waals surface area contributed by atoms with Crippen molar-refractivity contribution in [1.82, 2.24) is 19.6 Å². The molecule has 1 saturated carbocycles. The van der Waals surface area contributed by atoms with E-state index in [4.69, 9.17) is 4.74 Å². The normalized spacial score (nSPS) is 20.9. The molecule has 1 aliphatic carbocycles. The third-order valence-electron chi connectivity index (χ3n) is 6.52. The molecule has 202 valence electrons. The number of methoxy groups -OCH3 is 1. The van der Waals surface area contributed by atoms with Gasteiger partial charge in [-0.2, -0.15) is 18.3 Å². The maximum absolute atomic E-state index is 12.8. The molecule has 0 radical (unpaired) electrons. The van der Waals surface area contributed by atoms with E-state index >= 15 is 0 Å². The molecule has 0 atom stereocenters. The van der Waals surface area contributed by atoms with Crippen molar-refractivity contribution < 1.29 is 37.0 Å². The van der Waals surface area contributed by atoms with Gasteiger partial charge in [0, 0.05) is 43.8 Å². The van der Waals surface area contributed by atoms with Crippen molar-refractivity contribution in [3.63, 3.8) is 0 Å². The van der Waals surface area contributed by atoms with Crippen LogP contribution in [-0.4, -0.2) is 88.7 Å². The minimum absolute atomic E-state index is 0.0797. The van der Waals surface area contributed by atoms with Crippen LogP contribution in [0.4, 0.5) is 23.7 Å². The Bertz CT molecular complexity index is 1190. The highest BCUT2D eigenvalue weighted by molar-refractivity contribution is 6.06. The van der Waals surface area contributed by atoms with Crippen LogP contribution in [0.2, 0.25) is 0 Å². The van der Waals surface area contributed by atoms with Gasteiger partial charge in [-0.1, -0.05) is 0 Å². The number of rotatable bonds is 4. The molecular formula is C24H30F3N5O5. The fourth-order valence-electron chi connectivity index (χ4n) is 4.52. The van der Waals surface area contributed by atoms with Gasteiger partial charge in [0.05, 0.1) is 29.9 Å². The summed E-state index contributed by atoms with van der Waals surface area (Å²) in [6, 6.07) is 3.01. The lowest BCUT2D eigenvalue weighted by molar-refractivity contribution is -0.167. The van der Waals surface area contributed by atoms with Crippen LogP contribution in [0.15, 0.2) is 18.3 Å². The molecule has 1 aromatic carbocycles. The van der Waals surface area contributed by atoms with Gasteiger partial charge < -0.3 is 19.7 Å². The first kappa shape index (κ1) is 26.7. The molecule has 4 rings (SSSR count). The van der Waals surface area contributed by atoms with Crippen molar-refractivity contribution in [2.75, 3.05) is 38.6 Å². The van der Waals surface area contributed by atoms with Crippen molar-refractivity contribution in [3.8, 4) is 0 Å². The third-order valence-corrected chi connectivity index (χ3v) is 6.52. The molecule has 13 heteroatoms. The maximum Gasteiger partial charge on any atom is 0.471 e. The van der Waals surface area contributed by atoms with Crippen molar-refractivity contribution in [1.29, 1.82) is 0 Å². The molecule has 2 amide bonds. The second kappa shape index (κ2) is 9.84. The summed E-state index contributed by atoms with van der Waals surface area (Å²) in [7, 11) is 1.10. The van der Waals surface area contributed by atoms with E-state index in [9.17, 15) is 27.6 Å². The zero-order valence-electron chi connectivity index (χ0n) is 21.1. The van der Waals surface area contributed by atoms with Crippen molar-refractivity contribution >= 4 is 34.6 Å². The standard InChI is InChI=1S/C24H30F3N5O5/c1-23(2,3)37-22(35)31-7-5-30(6-8-31)15-10-16(11-15)32-13-14-9-19(28-21(34)24(25,26)27)17(20(33)36-4)12-18(14)29-32/h9,12-13,15-16H,5-8,10-11H2,1-4H3,(H,28,34). The number of esters is 1. The van der Waals surface area contributed by atoms with Crippen LogP contribution in [0.25, 0.3) is 10.9 Å². The Labute approximate surface area is 211 Å². The summed E-state index contributed by atoms with van der Waals surface area (Å²) in [5, 5.41) is 6.75. The number of halogens is 3. The van der Waals surface area contributed by atoms with E-state index < -0.39 is 23.7 Å². The number of hydrogen-bond donors (Lipinski definition) is 1. The number of aromatic nitrogens is 2. The van der Waals surface area contributed by atoms with Gasteiger partial charge in [-0.15, -0.1) is 0 Å². The molecule has 0 spiro atoms. The van der Waals surface area contributed by atoms with Gasteiger partial charge in [0.2, 0.25) is 0 Å². The second-order valence-electron chi connectivity index (χ2n) is 10.3. The number of ether oxygens (including phenoxy) is 2. The van der Waals surface area contributed by atoms with Gasteiger partial charge in [0.15, 0.2) is 0 Å². The Balaban J connectivity index is 1.40. The van der Waals surface area contributed by atoms with Crippen LogP contribution in [0, 0.1) is 0 Å². The highest BCUT2D eigenvalue weighted by atomic mass is 19.4. The number of carbonyl (C=O) groups is 3. The molecule has 0 bridgehead atoms. The minimum Gasteiger partial charge on any atom is -0.465 e. The topological polar surface area (TPSA) is 106 Å². The smallest absolute Gasteiger partial charge is 0.465 e. The largest absolute Gasteiger partial charge is 0.471 e. The van der Waals surface area contributed by atoms with E-state index in [0.717, 1.165) is 33.0 Å². The fraction of sp³-hybridized carbons (Fsp3) is 0.583. The fourth-order valence-corrected chi connectivity index (χ4v) is 4.52. The first-order valence-corrected chi connectivity index (χ1v) is 12.0. The lowest BCUT2D eigenvalue weighted by Gasteiger charge is -2.46. The molecule has 1 aromatic heterocycles. The van der Waals surface area contributed by atoms with Crippen LogP contribution in [0.1, 0.15) is 50.0 Å². The Morgan fingerprint density at radius 1 is 1.03 bits per heavy atom. The Kier molecular flexibility index (Phi) is 7.10. The number of hydrogen-bond acceptors (Lipinski definition) is 7. The first-order chi connectivity index (χ1) is 17.2. The minimum atomic E-state index is -5.11. The number of benzene rings is 1. The lowest BCUT2D eigenvalue weighted by Crippen LogP contribution is -2.55. The van der Waals surface area contributed by atoms with E-state index in [1.165, 1.54) is 12.1 Å². The van der Waals surface area contributed by atoms with Gasteiger partial charge in [-0.05, 0) is 45.7 Å². The molecule has 0 unspecified atom stereocenters. The molecule has 37 heavy (non-hydrogen) atoms. The van der Waals surface area contributed by atoms with E-state index in [1.54, 1.807) is 21.1 Å². The second-order valence-corrected chi connectivity index (χ2v) is 10.3. The Morgan fingerprint density at radius 3 is 2.24 bits per heavy atom. The number of carbonyl (C=O) groups excluding carboxylic acids is 3. The molecule has 2 fully saturated rings. The molecule has 1 aliphatic heterocycles. The predicted octanol–water partition coefficient (Wildman–Crippen LogP) is 3.58. The van der Waals surface area contributed by atoms with Gasteiger partial charge in [0.25, 0.3) is 0 Å². The van der Waals surface area contributed by atoms with Crippen molar-refractivity contribution in [3.05, 3.63) is 23.9 Å². The molecular weight excluding hydrogens is 495 g/mol. The van der Waals surface area contributed by atoms with E-state index in [-0.39, 0.29) is 23.4 Å². The summed E-state index contributed by atoms with van der Waals surface area (Å²) in [5.74, 6) is -3.07.